The molecule has 0 unspecified atom stereocenters. The van der Waals surface area contributed by atoms with Gasteiger partial charge in [0.05, 0.1) is 18.6 Å². The first kappa shape index (κ1) is 16.5. The van der Waals surface area contributed by atoms with Crippen LogP contribution in [0.3, 0.4) is 0 Å². The Balaban J connectivity index is 2.18. The number of alkyl halides is 3. The van der Waals surface area contributed by atoms with Crippen LogP contribution < -0.4 is 10.6 Å². The van der Waals surface area contributed by atoms with Gasteiger partial charge >= 0.3 is 18.2 Å². The van der Waals surface area contributed by atoms with Crippen LogP contribution in [-0.4, -0.2) is 48.6 Å². The fourth-order valence-corrected chi connectivity index (χ4v) is 1.95. The molecule has 0 aromatic carbocycles. The van der Waals surface area contributed by atoms with Crippen molar-refractivity contribution in [2.24, 2.45) is 0 Å². The molecule has 3 N–H and O–H groups in total. The average molecular weight is 298 g/mol. The predicted octanol–water partition coefficient (Wildman–Crippen LogP) is 1.26. The van der Waals surface area contributed by atoms with Crippen LogP contribution in [-0.2, 0) is 9.53 Å². The van der Waals surface area contributed by atoms with Gasteiger partial charge in [-0.1, -0.05) is 0 Å². The van der Waals surface area contributed by atoms with Gasteiger partial charge in [0.15, 0.2) is 0 Å². The highest BCUT2D eigenvalue weighted by molar-refractivity contribution is 5.77. The smallest absolute Gasteiger partial charge is 0.411 e. The van der Waals surface area contributed by atoms with E-state index in [0.29, 0.717) is 12.8 Å². The Morgan fingerprint density at radius 2 is 1.95 bits per heavy atom. The molecule has 1 fully saturated rings. The summed E-state index contributed by atoms with van der Waals surface area (Å²) in [5.74, 6) is -1.00. The molecule has 0 aromatic heterocycles. The van der Waals surface area contributed by atoms with Crippen LogP contribution >= 0.6 is 0 Å². The van der Waals surface area contributed by atoms with Crippen molar-refractivity contribution >= 4 is 12.0 Å². The van der Waals surface area contributed by atoms with E-state index in [1.165, 1.54) is 0 Å². The summed E-state index contributed by atoms with van der Waals surface area (Å²) < 4.78 is 39.6. The number of urea groups is 1. The van der Waals surface area contributed by atoms with Crippen molar-refractivity contribution in [1.82, 2.24) is 10.6 Å². The molecule has 1 aliphatic carbocycles. The molecule has 0 aromatic rings. The maximum atomic E-state index is 11.8. The van der Waals surface area contributed by atoms with Crippen LogP contribution in [0.5, 0.6) is 0 Å². The summed E-state index contributed by atoms with van der Waals surface area (Å²) in [5.41, 5.74) is -0.733. The topological polar surface area (TPSA) is 87.7 Å². The lowest BCUT2D eigenvalue weighted by Crippen LogP contribution is -2.57. The minimum atomic E-state index is -4.39. The van der Waals surface area contributed by atoms with E-state index >= 15 is 0 Å². The molecule has 0 bridgehead atoms. The summed E-state index contributed by atoms with van der Waals surface area (Å²) in [6.45, 7) is -1.71. The molecule has 0 radical (unpaired) electrons. The van der Waals surface area contributed by atoms with Gasteiger partial charge in [-0.3, -0.25) is 4.79 Å². The molecular formula is C11H17F3N2O4. The van der Waals surface area contributed by atoms with Crippen LogP contribution in [0.2, 0.25) is 0 Å². The second-order valence-corrected chi connectivity index (χ2v) is 4.75. The number of rotatable bonds is 7. The first-order chi connectivity index (χ1) is 9.22. The number of ether oxygens (including phenoxy) is 1. The average Bonchev–Trinajstić information content (AvgIpc) is 2.23. The van der Waals surface area contributed by atoms with Gasteiger partial charge < -0.3 is 20.5 Å². The maximum Gasteiger partial charge on any atom is 0.411 e. The lowest BCUT2D eigenvalue weighted by atomic mass is 9.74. The number of carboxylic acids is 1. The fourth-order valence-electron chi connectivity index (χ4n) is 1.95. The van der Waals surface area contributed by atoms with Crippen LogP contribution in [0.15, 0.2) is 0 Å². The molecule has 20 heavy (non-hydrogen) atoms. The SMILES string of the molecule is O=C(O)CC1(NC(=O)NCCOCC(F)(F)F)CCC1. The summed E-state index contributed by atoms with van der Waals surface area (Å²) in [6.07, 6.45) is -2.55. The van der Waals surface area contributed by atoms with E-state index < -0.39 is 30.3 Å². The Kier molecular flexibility index (Phi) is 5.61. The molecule has 1 saturated carbocycles. The fraction of sp³-hybridized carbons (Fsp3) is 0.818. The monoisotopic (exact) mass is 298 g/mol. The van der Waals surface area contributed by atoms with Crippen molar-refractivity contribution < 1.29 is 32.6 Å². The Morgan fingerprint density at radius 3 is 2.40 bits per heavy atom. The first-order valence-corrected chi connectivity index (χ1v) is 6.15. The molecule has 9 heteroatoms. The molecule has 1 rings (SSSR count). The predicted molar refractivity (Wildman–Crippen MR) is 62.2 cm³/mol. The van der Waals surface area contributed by atoms with Crippen LogP contribution in [0, 0.1) is 0 Å². The molecule has 0 spiro atoms. The van der Waals surface area contributed by atoms with Crippen LogP contribution in [0.4, 0.5) is 18.0 Å². The van der Waals surface area contributed by atoms with E-state index in [9.17, 15) is 22.8 Å². The van der Waals surface area contributed by atoms with Crippen molar-refractivity contribution in [2.75, 3.05) is 19.8 Å². The molecule has 0 aliphatic heterocycles. The van der Waals surface area contributed by atoms with E-state index in [4.69, 9.17) is 5.11 Å². The van der Waals surface area contributed by atoms with Crippen molar-refractivity contribution in [3.63, 3.8) is 0 Å². The van der Waals surface area contributed by atoms with Gasteiger partial charge in [-0.2, -0.15) is 13.2 Å². The molecule has 0 heterocycles. The Morgan fingerprint density at radius 1 is 1.30 bits per heavy atom. The van der Waals surface area contributed by atoms with Gasteiger partial charge in [0.2, 0.25) is 0 Å². The number of nitrogens with one attached hydrogen (secondary N) is 2. The number of carbonyl (C=O) groups excluding carboxylic acids is 1. The molecule has 6 nitrogen and oxygen atoms in total. The van der Waals surface area contributed by atoms with E-state index in [1.54, 1.807) is 0 Å². The number of amides is 2. The summed E-state index contributed by atoms with van der Waals surface area (Å²) in [5, 5.41) is 13.6. The molecule has 0 atom stereocenters. The summed E-state index contributed by atoms with van der Waals surface area (Å²) in [6, 6.07) is -0.596. The quantitative estimate of drug-likeness (QED) is 0.618. The lowest BCUT2D eigenvalue weighted by Gasteiger charge is -2.41. The van der Waals surface area contributed by atoms with E-state index in [-0.39, 0.29) is 19.6 Å². The Hall–Kier alpha value is -1.51. The number of aliphatic carboxylic acids is 1. The minimum Gasteiger partial charge on any atom is -0.481 e. The minimum absolute atomic E-state index is 0.0783. The number of carbonyl (C=O) groups is 2. The summed E-state index contributed by atoms with van der Waals surface area (Å²) >= 11 is 0. The third-order valence-corrected chi connectivity index (χ3v) is 2.98. The summed E-state index contributed by atoms with van der Waals surface area (Å²) in [4.78, 5) is 22.2. The lowest BCUT2D eigenvalue weighted by molar-refractivity contribution is -0.173. The second-order valence-electron chi connectivity index (χ2n) is 4.75. The summed E-state index contributed by atoms with van der Waals surface area (Å²) in [7, 11) is 0. The zero-order valence-corrected chi connectivity index (χ0v) is 10.8. The molecule has 0 saturated heterocycles. The van der Waals surface area contributed by atoms with Crippen LogP contribution in [0.25, 0.3) is 0 Å². The van der Waals surface area contributed by atoms with Gasteiger partial charge in [0, 0.05) is 6.54 Å². The van der Waals surface area contributed by atoms with Gasteiger partial charge in [-0.15, -0.1) is 0 Å². The highest BCUT2D eigenvalue weighted by Gasteiger charge is 2.40. The highest BCUT2D eigenvalue weighted by atomic mass is 19.4. The second kappa shape index (κ2) is 6.78. The number of hydrogen-bond donors (Lipinski definition) is 3. The third-order valence-electron chi connectivity index (χ3n) is 2.98. The standard InChI is InChI=1S/C11H17F3N2O4/c12-11(13,14)7-20-5-4-15-9(19)16-10(2-1-3-10)6-8(17)18/h1-7H2,(H,17,18)(H2,15,16,19). The van der Waals surface area contributed by atoms with E-state index in [2.05, 4.69) is 15.4 Å². The van der Waals surface area contributed by atoms with Crippen molar-refractivity contribution in [2.45, 2.75) is 37.4 Å². The zero-order chi connectivity index (χ0) is 15.2. The third kappa shape index (κ3) is 6.09. The van der Waals surface area contributed by atoms with Gasteiger partial charge in [-0.05, 0) is 19.3 Å². The van der Waals surface area contributed by atoms with Crippen molar-refractivity contribution in [3.05, 3.63) is 0 Å². The van der Waals surface area contributed by atoms with Gasteiger partial charge in [0.1, 0.15) is 6.61 Å². The molecule has 116 valence electrons. The maximum absolute atomic E-state index is 11.8. The molecular weight excluding hydrogens is 281 g/mol. The molecule has 1 aliphatic rings. The number of carboxylic acid groups (broad SMARTS) is 1. The van der Waals surface area contributed by atoms with Crippen LogP contribution in [0.1, 0.15) is 25.7 Å². The number of hydrogen-bond acceptors (Lipinski definition) is 3. The first-order valence-electron chi connectivity index (χ1n) is 6.15. The molecule has 2 amide bonds. The van der Waals surface area contributed by atoms with Crippen molar-refractivity contribution in [3.8, 4) is 0 Å². The number of halogens is 3. The van der Waals surface area contributed by atoms with E-state index in [0.717, 1.165) is 6.42 Å². The van der Waals surface area contributed by atoms with E-state index in [1.807, 2.05) is 0 Å². The van der Waals surface area contributed by atoms with Gasteiger partial charge in [-0.25, -0.2) is 4.79 Å². The zero-order valence-electron chi connectivity index (χ0n) is 10.8. The highest BCUT2D eigenvalue weighted by Crippen LogP contribution is 2.34. The Labute approximate surface area is 113 Å². The Bertz CT molecular complexity index is 356. The van der Waals surface area contributed by atoms with Gasteiger partial charge in [0.25, 0.3) is 0 Å². The normalized spacial score (nSPS) is 17.1. The largest absolute Gasteiger partial charge is 0.481 e. The van der Waals surface area contributed by atoms with Crippen molar-refractivity contribution in [1.29, 1.82) is 0 Å².